The maximum atomic E-state index is 12.0. The average Bonchev–Trinajstić information content (AvgIpc) is 2.46. The van der Waals surface area contributed by atoms with E-state index in [0.717, 1.165) is 31.9 Å². The van der Waals surface area contributed by atoms with Gasteiger partial charge in [-0.25, -0.2) is 0 Å². The molecule has 0 aliphatic carbocycles. The number of amides is 1. The number of nitro benzene ring substituents is 1. The summed E-state index contributed by atoms with van der Waals surface area (Å²) < 4.78 is 0. The van der Waals surface area contributed by atoms with Crippen LogP contribution in [-0.2, 0) is 4.79 Å². The Balaban J connectivity index is 1.91. The molecule has 1 aliphatic heterocycles. The van der Waals surface area contributed by atoms with Crippen molar-refractivity contribution >= 4 is 28.9 Å². The van der Waals surface area contributed by atoms with Crippen molar-refractivity contribution in [2.75, 3.05) is 37.6 Å². The summed E-state index contributed by atoms with van der Waals surface area (Å²) in [6, 6.07) is 4.52. The Kier molecular flexibility index (Phi) is 5.66. The quantitative estimate of drug-likeness (QED) is 0.663. The SMILES string of the molecule is CC(C)(C)NC(=O)CN1CCN(c2ccc([N+](=O)[O-])cc2Cl)CC1. The van der Waals surface area contributed by atoms with Gasteiger partial charge in [-0.3, -0.25) is 19.8 Å². The predicted octanol–water partition coefficient (Wildman–Crippen LogP) is 2.28. The molecule has 1 fully saturated rings. The molecule has 1 saturated heterocycles. The number of halogens is 1. The molecule has 2 rings (SSSR count). The van der Waals surface area contributed by atoms with Crippen LogP contribution in [0.4, 0.5) is 11.4 Å². The zero-order chi connectivity index (χ0) is 17.9. The van der Waals surface area contributed by atoms with E-state index in [9.17, 15) is 14.9 Å². The molecular formula is C16H23ClN4O3. The van der Waals surface area contributed by atoms with E-state index in [1.807, 2.05) is 20.8 Å². The van der Waals surface area contributed by atoms with Crippen molar-refractivity contribution in [2.24, 2.45) is 0 Å². The highest BCUT2D eigenvalue weighted by Crippen LogP contribution is 2.30. The third kappa shape index (κ3) is 5.07. The Hall–Kier alpha value is -1.86. The molecule has 0 aromatic heterocycles. The zero-order valence-electron chi connectivity index (χ0n) is 14.2. The number of hydrogen-bond acceptors (Lipinski definition) is 5. The molecule has 132 valence electrons. The standard InChI is InChI=1S/C16H23ClN4O3/c1-16(2,3)18-15(22)11-19-6-8-20(9-7-19)14-5-4-12(21(23)24)10-13(14)17/h4-5,10H,6-9,11H2,1-3H3,(H,18,22). The van der Waals surface area contributed by atoms with Gasteiger partial charge in [0.1, 0.15) is 0 Å². The highest BCUT2D eigenvalue weighted by Gasteiger charge is 2.23. The molecule has 0 bridgehead atoms. The fourth-order valence-corrected chi connectivity index (χ4v) is 2.97. The molecule has 1 aromatic rings. The number of nitro groups is 1. The Morgan fingerprint density at radius 1 is 1.29 bits per heavy atom. The van der Waals surface area contributed by atoms with Gasteiger partial charge in [-0.2, -0.15) is 0 Å². The van der Waals surface area contributed by atoms with E-state index in [-0.39, 0.29) is 17.1 Å². The number of nitrogens with zero attached hydrogens (tertiary/aromatic N) is 3. The fourth-order valence-electron chi connectivity index (χ4n) is 2.67. The van der Waals surface area contributed by atoms with Crippen molar-refractivity contribution in [3.8, 4) is 0 Å². The lowest BCUT2D eigenvalue weighted by Gasteiger charge is -2.36. The summed E-state index contributed by atoms with van der Waals surface area (Å²) in [5.41, 5.74) is 0.549. The molecule has 0 atom stereocenters. The van der Waals surface area contributed by atoms with E-state index in [0.29, 0.717) is 11.6 Å². The van der Waals surface area contributed by atoms with Crippen LogP contribution in [0, 0.1) is 10.1 Å². The number of anilines is 1. The van der Waals surface area contributed by atoms with Crippen LogP contribution in [-0.4, -0.2) is 54.0 Å². The van der Waals surface area contributed by atoms with Gasteiger partial charge in [0.15, 0.2) is 0 Å². The molecule has 24 heavy (non-hydrogen) atoms. The maximum Gasteiger partial charge on any atom is 0.271 e. The van der Waals surface area contributed by atoms with Gasteiger partial charge in [0.2, 0.25) is 5.91 Å². The summed E-state index contributed by atoms with van der Waals surface area (Å²) in [5.74, 6) is 0.0179. The van der Waals surface area contributed by atoms with Gasteiger partial charge in [-0.05, 0) is 26.8 Å². The molecule has 0 radical (unpaired) electrons. The highest BCUT2D eigenvalue weighted by molar-refractivity contribution is 6.33. The number of piperazine rings is 1. The molecular weight excluding hydrogens is 332 g/mol. The fraction of sp³-hybridized carbons (Fsp3) is 0.562. The van der Waals surface area contributed by atoms with Gasteiger partial charge < -0.3 is 10.2 Å². The number of carbonyl (C=O) groups is 1. The second-order valence-corrected chi connectivity index (χ2v) is 7.36. The summed E-state index contributed by atoms with van der Waals surface area (Å²) in [5, 5.41) is 14.1. The Bertz CT molecular complexity index is 622. The van der Waals surface area contributed by atoms with Crippen molar-refractivity contribution < 1.29 is 9.72 Å². The first kappa shape index (κ1) is 18.5. The lowest BCUT2D eigenvalue weighted by molar-refractivity contribution is -0.384. The van der Waals surface area contributed by atoms with Crippen molar-refractivity contribution in [3.05, 3.63) is 33.3 Å². The van der Waals surface area contributed by atoms with Crippen LogP contribution in [0.2, 0.25) is 5.02 Å². The molecule has 1 heterocycles. The number of nitrogens with one attached hydrogen (secondary N) is 1. The Morgan fingerprint density at radius 3 is 2.42 bits per heavy atom. The first-order valence-electron chi connectivity index (χ1n) is 7.88. The molecule has 1 aliphatic rings. The highest BCUT2D eigenvalue weighted by atomic mass is 35.5. The number of rotatable bonds is 4. The minimum atomic E-state index is -0.457. The minimum Gasteiger partial charge on any atom is -0.368 e. The summed E-state index contributed by atoms with van der Waals surface area (Å²) in [7, 11) is 0. The summed E-state index contributed by atoms with van der Waals surface area (Å²) in [6.07, 6.45) is 0. The van der Waals surface area contributed by atoms with Crippen molar-refractivity contribution in [2.45, 2.75) is 26.3 Å². The predicted molar refractivity (Wildman–Crippen MR) is 94.7 cm³/mol. The van der Waals surface area contributed by atoms with E-state index < -0.39 is 4.92 Å². The molecule has 0 spiro atoms. The molecule has 8 heteroatoms. The summed E-state index contributed by atoms with van der Waals surface area (Å²) >= 11 is 6.18. The van der Waals surface area contributed by atoms with Gasteiger partial charge in [0.05, 0.1) is 22.2 Å². The van der Waals surface area contributed by atoms with Crippen molar-refractivity contribution in [1.29, 1.82) is 0 Å². The molecule has 7 nitrogen and oxygen atoms in total. The van der Waals surface area contributed by atoms with Crippen LogP contribution in [0.5, 0.6) is 0 Å². The lowest BCUT2D eigenvalue weighted by atomic mass is 10.1. The van der Waals surface area contributed by atoms with Crippen LogP contribution >= 0.6 is 11.6 Å². The lowest BCUT2D eigenvalue weighted by Crippen LogP contribution is -2.51. The number of benzene rings is 1. The second-order valence-electron chi connectivity index (χ2n) is 6.95. The topological polar surface area (TPSA) is 78.7 Å². The average molecular weight is 355 g/mol. The van der Waals surface area contributed by atoms with Gasteiger partial charge in [0, 0.05) is 43.9 Å². The normalized spacial score (nSPS) is 16.1. The molecule has 1 amide bonds. The zero-order valence-corrected chi connectivity index (χ0v) is 15.0. The van der Waals surface area contributed by atoms with E-state index in [1.54, 1.807) is 6.07 Å². The summed E-state index contributed by atoms with van der Waals surface area (Å²) in [6.45, 7) is 9.17. The van der Waals surface area contributed by atoms with Crippen LogP contribution in [0.15, 0.2) is 18.2 Å². The van der Waals surface area contributed by atoms with Gasteiger partial charge in [-0.1, -0.05) is 11.6 Å². The molecule has 0 unspecified atom stereocenters. The number of carbonyl (C=O) groups excluding carboxylic acids is 1. The van der Waals surface area contributed by atoms with Crippen molar-refractivity contribution in [3.63, 3.8) is 0 Å². The van der Waals surface area contributed by atoms with Crippen LogP contribution in [0.1, 0.15) is 20.8 Å². The third-order valence-electron chi connectivity index (χ3n) is 3.74. The third-order valence-corrected chi connectivity index (χ3v) is 4.04. The largest absolute Gasteiger partial charge is 0.368 e. The minimum absolute atomic E-state index is 0.0127. The van der Waals surface area contributed by atoms with Gasteiger partial charge >= 0.3 is 0 Å². The van der Waals surface area contributed by atoms with E-state index in [4.69, 9.17) is 11.6 Å². The molecule has 0 saturated carbocycles. The summed E-state index contributed by atoms with van der Waals surface area (Å²) in [4.78, 5) is 26.5. The first-order valence-corrected chi connectivity index (χ1v) is 8.26. The Morgan fingerprint density at radius 2 is 1.92 bits per heavy atom. The Labute approximate surface area is 146 Å². The first-order chi connectivity index (χ1) is 11.2. The second kappa shape index (κ2) is 7.36. The maximum absolute atomic E-state index is 12.0. The van der Waals surface area contributed by atoms with E-state index in [1.165, 1.54) is 12.1 Å². The molecule has 1 aromatic carbocycles. The smallest absolute Gasteiger partial charge is 0.271 e. The van der Waals surface area contributed by atoms with Crippen LogP contribution in [0.3, 0.4) is 0 Å². The van der Waals surface area contributed by atoms with Crippen LogP contribution < -0.4 is 10.2 Å². The number of hydrogen-bond donors (Lipinski definition) is 1. The molecule has 1 N–H and O–H groups in total. The monoisotopic (exact) mass is 354 g/mol. The van der Waals surface area contributed by atoms with E-state index in [2.05, 4.69) is 15.1 Å². The number of non-ortho nitro benzene ring substituents is 1. The van der Waals surface area contributed by atoms with Crippen molar-refractivity contribution in [1.82, 2.24) is 10.2 Å². The van der Waals surface area contributed by atoms with Gasteiger partial charge in [0.25, 0.3) is 5.69 Å². The van der Waals surface area contributed by atoms with E-state index >= 15 is 0 Å². The van der Waals surface area contributed by atoms with Crippen LogP contribution in [0.25, 0.3) is 0 Å². The van der Waals surface area contributed by atoms with Gasteiger partial charge in [-0.15, -0.1) is 0 Å².